The van der Waals surface area contributed by atoms with Crippen LogP contribution in [0.5, 0.6) is 5.88 Å². The van der Waals surface area contributed by atoms with Crippen molar-refractivity contribution in [1.82, 2.24) is 4.98 Å². The average Bonchev–Trinajstić information content (AvgIpc) is 3.25. The number of aromatic carboxylic acids is 1. The van der Waals surface area contributed by atoms with Crippen molar-refractivity contribution in [3.05, 3.63) is 64.5 Å². The lowest BCUT2D eigenvalue weighted by molar-refractivity contribution is 0.0697. The minimum atomic E-state index is -1.01. The molecular weight excluding hydrogens is 362 g/mol. The number of nitrogens with zero attached hydrogens (tertiary/aromatic N) is 3. The molecule has 2 heterocycles. The molecule has 3 aromatic rings. The lowest BCUT2D eigenvalue weighted by atomic mass is 10.1. The van der Waals surface area contributed by atoms with Crippen LogP contribution in [-0.4, -0.2) is 34.4 Å². The number of fused-ring (bicyclic) bond motifs is 1. The zero-order valence-corrected chi connectivity index (χ0v) is 15.1. The number of anilines is 2. The van der Waals surface area contributed by atoms with Crippen molar-refractivity contribution in [3.8, 4) is 5.88 Å². The molecule has 0 unspecified atom stereocenters. The Labute approximate surface area is 159 Å². The molecule has 0 aliphatic carbocycles. The molecule has 27 heavy (non-hydrogen) atoms. The Morgan fingerprint density at radius 3 is 2.70 bits per heavy atom. The Kier molecular flexibility index (Phi) is 4.21. The number of aliphatic imine (C=N–C) groups is 1. The molecule has 0 radical (unpaired) electrons. The fraction of sp³-hybridized carbons (Fsp3) is 0.0500. The highest BCUT2D eigenvalue weighted by Gasteiger charge is 2.19. The number of allylic oxidation sites excluding steroid dienone is 1. The molecule has 0 saturated carbocycles. The van der Waals surface area contributed by atoms with Gasteiger partial charge in [-0.25, -0.2) is 4.79 Å². The lowest BCUT2D eigenvalue weighted by Crippen LogP contribution is -2.13. The van der Waals surface area contributed by atoms with Gasteiger partial charge in [0.25, 0.3) is 0 Å². The lowest BCUT2D eigenvalue weighted by Gasteiger charge is -2.17. The smallest absolute Gasteiger partial charge is 0.337 e. The average molecular weight is 377 g/mol. The second kappa shape index (κ2) is 6.69. The highest BCUT2D eigenvalue weighted by Crippen LogP contribution is 2.39. The number of aromatic nitrogens is 1. The minimum absolute atomic E-state index is 0.0973. The number of carbonyl (C=O) groups is 1. The van der Waals surface area contributed by atoms with Crippen LogP contribution in [0.1, 0.15) is 20.8 Å². The number of hydrogen-bond donors (Lipinski definition) is 2. The summed E-state index contributed by atoms with van der Waals surface area (Å²) in [6.45, 7) is 0. The summed E-state index contributed by atoms with van der Waals surface area (Å²) in [6.07, 6.45) is 3.59. The van der Waals surface area contributed by atoms with Crippen molar-refractivity contribution in [2.45, 2.75) is 0 Å². The summed E-state index contributed by atoms with van der Waals surface area (Å²) >= 11 is 1.28. The van der Waals surface area contributed by atoms with Gasteiger partial charge in [-0.2, -0.15) is 4.98 Å². The predicted molar refractivity (Wildman–Crippen MR) is 108 cm³/mol. The van der Waals surface area contributed by atoms with E-state index in [1.807, 2.05) is 30.3 Å². The van der Waals surface area contributed by atoms with E-state index in [1.54, 1.807) is 36.4 Å². The topological polar surface area (TPSA) is 86.0 Å². The standard InChI is InChI=1S/C20H15N3O3S/c1-23(16-9-5-3-7-14(16)19(25)26)20-22-18(24)17(27-20)10-12-11-21-15-8-4-2-6-13(12)15/h2-11,24H,1H3,(H,25,26)/b12-10-. The van der Waals surface area contributed by atoms with E-state index in [9.17, 15) is 15.0 Å². The Balaban J connectivity index is 1.70. The molecule has 0 saturated heterocycles. The Bertz CT molecular complexity index is 1100. The molecule has 0 fully saturated rings. The van der Waals surface area contributed by atoms with Crippen LogP contribution in [0.3, 0.4) is 0 Å². The van der Waals surface area contributed by atoms with Crippen LogP contribution in [0.25, 0.3) is 11.6 Å². The molecule has 0 bridgehead atoms. The van der Waals surface area contributed by atoms with Crippen molar-refractivity contribution in [2.75, 3.05) is 11.9 Å². The summed E-state index contributed by atoms with van der Waals surface area (Å²) in [5.74, 6) is -1.11. The van der Waals surface area contributed by atoms with Gasteiger partial charge in [0.1, 0.15) is 0 Å². The van der Waals surface area contributed by atoms with Crippen molar-refractivity contribution in [1.29, 1.82) is 0 Å². The number of para-hydroxylation sites is 2. The van der Waals surface area contributed by atoms with Gasteiger partial charge in [-0.15, -0.1) is 0 Å². The molecule has 1 aliphatic rings. The number of thiazole rings is 1. The number of benzene rings is 2. The third-order valence-corrected chi connectivity index (χ3v) is 5.32. The van der Waals surface area contributed by atoms with E-state index in [0.29, 0.717) is 15.7 Å². The molecule has 0 spiro atoms. The highest BCUT2D eigenvalue weighted by atomic mass is 32.1. The summed E-state index contributed by atoms with van der Waals surface area (Å²) in [6, 6.07) is 14.5. The first-order chi connectivity index (χ1) is 13.0. The molecule has 2 N–H and O–H groups in total. The maximum atomic E-state index is 11.5. The van der Waals surface area contributed by atoms with Crippen LogP contribution >= 0.6 is 11.3 Å². The van der Waals surface area contributed by atoms with E-state index in [0.717, 1.165) is 16.8 Å². The monoisotopic (exact) mass is 377 g/mol. The van der Waals surface area contributed by atoms with Gasteiger partial charge in [0.05, 0.1) is 21.8 Å². The molecular formula is C20H15N3O3S. The van der Waals surface area contributed by atoms with E-state index in [1.165, 1.54) is 17.4 Å². The van der Waals surface area contributed by atoms with Gasteiger partial charge in [-0.05, 0) is 24.3 Å². The van der Waals surface area contributed by atoms with Crippen molar-refractivity contribution >= 4 is 51.7 Å². The van der Waals surface area contributed by atoms with Crippen molar-refractivity contribution < 1.29 is 15.0 Å². The third kappa shape index (κ3) is 3.09. The zero-order valence-electron chi connectivity index (χ0n) is 14.3. The fourth-order valence-corrected chi connectivity index (χ4v) is 3.78. The van der Waals surface area contributed by atoms with Gasteiger partial charge in [0.15, 0.2) is 5.13 Å². The number of carboxylic acids is 1. The van der Waals surface area contributed by atoms with Crippen LogP contribution in [0.15, 0.2) is 53.5 Å². The summed E-state index contributed by atoms with van der Waals surface area (Å²) in [4.78, 5) is 22.3. The minimum Gasteiger partial charge on any atom is -0.492 e. The SMILES string of the molecule is CN(c1nc(O)c(/C=C2/C=Nc3ccccc32)s1)c1ccccc1C(=O)O. The molecule has 6 nitrogen and oxygen atoms in total. The predicted octanol–water partition coefficient (Wildman–Crippen LogP) is 4.57. The van der Waals surface area contributed by atoms with Crippen molar-refractivity contribution in [3.63, 3.8) is 0 Å². The van der Waals surface area contributed by atoms with Crippen molar-refractivity contribution in [2.24, 2.45) is 4.99 Å². The Morgan fingerprint density at radius 2 is 1.89 bits per heavy atom. The van der Waals surface area contributed by atoms with E-state index in [2.05, 4.69) is 9.98 Å². The first-order valence-electron chi connectivity index (χ1n) is 8.15. The molecule has 1 aliphatic heterocycles. The Morgan fingerprint density at radius 1 is 1.15 bits per heavy atom. The summed E-state index contributed by atoms with van der Waals surface area (Å²) < 4.78 is 0. The van der Waals surface area contributed by atoms with Gasteiger partial charge < -0.3 is 15.1 Å². The van der Waals surface area contributed by atoms with Gasteiger partial charge >= 0.3 is 5.97 Å². The second-order valence-corrected chi connectivity index (χ2v) is 6.95. The molecule has 4 rings (SSSR count). The maximum Gasteiger partial charge on any atom is 0.337 e. The first-order valence-corrected chi connectivity index (χ1v) is 8.97. The van der Waals surface area contributed by atoms with E-state index in [4.69, 9.17) is 0 Å². The second-order valence-electron chi connectivity index (χ2n) is 5.94. The zero-order chi connectivity index (χ0) is 19.0. The number of aromatic hydroxyl groups is 1. The molecule has 134 valence electrons. The third-order valence-electron chi connectivity index (χ3n) is 4.25. The molecule has 0 amide bonds. The maximum absolute atomic E-state index is 11.5. The van der Waals surface area contributed by atoms with Crippen LogP contribution in [0, 0.1) is 0 Å². The van der Waals surface area contributed by atoms with Gasteiger partial charge in [0, 0.05) is 24.4 Å². The summed E-state index contributed by atoms with van der Waals surface area (Å²) in [7, 11) is 1.73. The van der Waals surface area contributed by atoms with Crippen LogP contribution in [-0.2, 0) is 0 Å². The van der Waals surface area contributed by atoms with E-state index >= 15 is 0 Å². The largest absolute Gasteiger partial charge is 0.492 e. The molecule has 2 aromatic carbocycles. The first kappa shape index (κ1) is 17.0. The fourth-order valence-electron chi connectivity index (χ4n) is 2.90. The van der Waals surface area contributed by atoms with Crippen LogP contribution in [0.4, 0.5) is 16.5 Å². The van der Waals surface area contributed by atoms with Crippen LogP contribution in [0.2, 0.25) is 0 Å². The Hall–Kier alpha value is -3.45. The van der Waals surface area contributed by atoms with E-state index < -0.39 is 5.97 Å². The number of rotatable bonds is 4. The summed E-state index contributed by atoms with van der Waals surface area (Å²) in [5.41, 5.74) is 3.46. The number of carboxylic acid groups (broad SMARTS) is 1. The molecule has 1 aromatic heterocycles. The highest BCUT2D eigenvalue weighted by molar-refractivity contribution is 7.16. The normalized spacial score (nSPS) is 13.7. The number of hydrogen-bond acceptors (Lipinski definition) is 6. The quantitative estimate of drug-likeness (QED) is 0.695. The van der Waals surface area contributed by atoms with Gasteiger partial charge in [-0.1, -0.05) is 41.7 Å². The molecule has 0 atom stereocenters. The van der Waals surface area contributed by atoms with Gasteiger partial charge in [-0.3, -0.25) is 4.99 Å². The summed E-state index contributed by atoms with van der Waals surface area (Å²) in [5, 5.41) is 20.2. The van der Waals surface area contributed by atoms with Crippen LogP contribution < -0.4 is 4.90 Å². The molecule has 7 heteroatoms. The van der Waals surface area contributed by atoms with E-state index in [-0.39, 0.29) is 11.4 Å². The van der Waals surface area contributed by atoms with Gasteiger partial charge in [0.2, 0.25) is 5.88 Å².